The SMILES string of the molecule is Cc1cc(Cc2ccc(C3CCC(C)CC3)cc2)c(C)c(C)c1C. The molecule has 24 heavy (non-hydrogen) atoms. The Morgan fingerprint density at radius 2 is 1.42 bits per heavy atom. The van der Waals surface area contributed by atoms with E-state index in [-0.39, 0.29) is 0 Å². The van der Waals surface area contributed by atoms with Crippen molar-refractivity contribution in [1.29, 1.82) is 0 Å². The van der Waals surface area contributed by atoms with Crippen LogP contribution in [0.15, 0.2) is 30.3 Å². The van der Waals surface area contributed by atoms with Crippen LogP contribution >= 0.6 is 0 Å². The molecule has 0 N–H and O–H groups in total. The van der Waals surface area contributed by atoms with Crippen molar-refractivity contribution in [3.8, 4) is 0 Å². The second kappa shape index (κ2) is 7.13. The van der Waals surface area contributed by atoms with Gasteiger partial charge in [0, 0.05) is 0 Å². The Balaban J connectivity index is 1.75. The van der Waals surface area contributed by atoms with Crippen molar-refractivity contribution in [2.24, 2.45) is 5.92 Å². The molecular formula is C24H32. The Morgan fingerprint density at radius 1 is 0.792 bits per heavy atom. The molecule has 1 fully saturated rings. The minimum Gasteiger partial charge on any atom is -0.0625 e. The first-order valence-electron chi connectivity index (χ1n) is 9.60. The first-order valence-corrected chi connectivity index (χ1v) is 9.60. The Labute approximate surface area is 148 Å². The Hall–Kier alpha value is -1.56. The minimum absolute atomic E-state index is 0.792. The summed E-state index contributed by atoms with van der Waals surface area (Å²) < 4.78 is 0. The third-order valence-corrected chi connectivity index (χ3v) is 6.45. The summed E-state index contributed by atoms with van der Waals surface area (Å²) in [5.41, 5.74) is 10.3. The highest BCUT2D eigenvalue weighted by Crippen LogP contribution is 2.35. The Bertz CT molecular complexity index is 698. The molecule has 1 saturated carbocycles. The molecule has 0 heteroatoms. The zero-order valence-electron chi connectivity index (χ0n) is 16.1. The van der Waals surface area contributed by atoms with Crippen LogP contribution in [0.4, 0.5) is 0 Å². The van der Waals surface area contributed by atoms with Gasteiger partial charge in [0.05, 0.1) is 0 Å². The molecule has 2 aromatic carbocycles. The molecule has 2 aromatic rings. The maximum atomic E-state index is 2.40. The summed E-state index contributed by atoms with van der Waals surface area (Å²) in [4.78, 5) is 0. The van der Waals surface area contributed by atoms with Crippen LogP contribution < -0.4 is 0 Å². The lowest BCUT2D eigenvalue weighted by molar-refractivity contribution is 0.348. The van der Waals surface area contributed by atoms with E-state index in [1.165, 1.54) is 59.1 Å². The summed E-state index contributed by atoms with van der Waals surface area (Å²) in [6.45, 7) is 11.4. The molecule has 0 spiro atoms. The Morgan fingerprint density at radius 3 is 2.04 bits per heavy atom. The molecule has 0 heterocycles. The standard InChI is InChI=1S/C24H32/c1-16-6-10-22(11-7-16)23-12-8-21(9-13-23)15-24-14-17(2)18(3)19(4)20(24)5/h8-9,12-14,16,22H,6-7,10-11,15H2,1-5H3. The normalized spacial score (nSPS) is 21.0. The summed E-state index contributed by atoms with van der Waals surface area (Å²) >= 11 is 0. The van der Waals surface area contributed by atoms with Gasteiger partial charge < -0.3 is 0 Å². The zero-order chi connectivity index (χ0) is 17.3. The third-order valence-electron chi connectivity index (χ3n) is 6.45. The first kappa shape index (κ1) is 17.3. The maximum Gasteiger partial charge on any atom is -0.00229 e. The van der Waals surface area contributed by atoms with Crippen molar-refractivity contribution in [2.75, 3.05) is 0 Å². The average Bonchev–Trinajstić information content (AvgIpc) is 2.59. The fraction of sp³-hybridized carbons (Fsp3) is 0.500. The summed E-state index contributed by atoms with van der Waals surface area (Å²) in [6, 6.07) is 11.9. The molecule has 128 valence electrons. The molecule has 0 saturated heterocycles. The molecule has 1 aliphatic rings. The van der Waals surface area contributed by atoms with Crippen LogP contribution in [0, 0.1) is 33.6 Å². The lowest BCUT2D eigenvalue weighted by Gasteiger charge is -2.26. The van der Waals surface area contributed by atoms with Crippen LogP contribution in [0.2, 0.25) is 0 Å². The molecule has 0 amide bonds. The largest absolute Gasteiger partial charge is 0.0625 e. The number of benzene rings is 2. The molecule has 0 radical (unpaired) electrons. The van der Waals surface area contributed by atoms with Crippen molar-refractivity contribution in [3.05, 3.63) is 69.3 Å². The van der Waals surface area contributed by atoms with Crippen LogP contribution in [0.25, 0.3) is 0 Å². The summed E-state index contributed by atoms with van der Waals surface area (Å²) in [5, 5.41) is 0. The summed E-state index contributed by atoms with van der Waals surface area (Å²) in [6.07, 6.45) is 6.59. The molecule has 1 aliphatic carbocycles. The van der Waals surface area contributed by atoms with E-state index in [9.17, 15) is 0 Å². The summed E-state index contributed by atoms with van der Waals surface area (Å²) in [5.74, 6) is 1.72. The van der Waals surface area contributed by atoms with Gasteiger partial charge in [0.1, 0.15) is 0 Å². The first-order chi connectivity index (χ1) is 11.5. The molecule has 0 bridgehead atoms. The minimum atomic E-state index is 0.792. The lowest BCUT2D eigenvalue weighted by atomic mass is 9.79. The van der Waals surface area contributed by atoms with E-state index in [0.717, 1.165) is 18.3 Å². The van der Waals surface area contributed by atoms with Crippen LogP contribution in [-0.4, -0.2) is 0 Å². The van der Waals surface area contributed by atoms with E-state index >= 15 is 0 Å². The van der Waals surface area contributed by atoms with Crippen molar-refractivity contribution in [1.82, 2.24) is 0 Å². The van der Waals surface area contributed by atoms with E-state index in [2.05, 4.69) is 65.0 Å². The lowest BCUT2D eigenvalue weighted by Crippen LogP contribution is -2.10. The molecule has 0 nitrogen and oxygen atoms in total. The van der Waals surface area contributed by atoms with Gasteiger partial charge in [0.15, 0.2) is 0 Å². The van der Waals surface area contributed by atoms with Crippen molar-refractivity contribution < 1.29 is 0 Å². The monoisotopic (exact) mass is 320 g/mol. The van der Waals surface area contributed by atoms with Gasteiger partial charge in [-0.15, -0.1) is 0 Å². The fourth-order valence-electron chi connectivity index (χ4n) is 4.20. The molecule has 0 atom stereocenters. The average molecular weight is 321 g/mol. The zero-order valence-corrected chi connectivity index (χ0v) is 16.1. The number of aryl methyl sites for hydroxylation is 1. The molecule has 0 aromatic heterocycles. The smallest absolute Gasteiger partial charge is 0.00229 e. The molecule has 3 rings (SSSR count). The van der Waals surface area contributed by atoms with Crippen molar-refractivity contribution in [2.45, 2.75) is 72.6 Å². The van der Waals surface area contributed by atoms with Crippen molar-refractivity contribution >= 4 is 0 Å². The predicted molar refractivity (Wildman–Crippen MR) is 105 cm³/mol. The maximum absolute atomic E-state index is 2.40. The van der Waals surface area contributed by atoms with Crippen molar-refractivity contribution in [3.63, 3.8) is 0 Å². The van der Waals surface area contributed by atoms with Crippen LogP contribution in [0.1, 0.15) is 77.5 Å². The summed E-state index contributed by atoms with van der Waals surface area (Å²) in [7, 11) is 0. The second-order valence-corrected chi connectivity index (χ2v) is 8.10. The van der Waals surface area contributed by atoms with E-state index in [1.54, 1.807) is 5.56 Å². The predicted octanol–water partition coefficient (Wildman–Crippen LogP) is 6.80. The number of hydrogen-bond donors (Lipinski definition) is 0. The number of hydrogen-bond acceptors (Lipinski definition) is 0. The molecule has 0 aliphatic heterocycles. The van der Waals surface area contributed by atoms with Gasteiger partial charge >= 0.3 is 0 Å². The molecule has 0 unspecified atom stereocenters. The fourth-order valence-corrected chi connectivity index (χ4v) is 4.20. The van der Waals surface area contributed by atoms with E-state index < -0.39 is 0 Å². The van der Waals surface area contributed by atoms with Gasteiger partial charge in [-0.05, 0) is 97.7 Å². The van der Waals surface area contributed by atoms with Crippen LogP contribution in [0.5, 0.6) is 0 Å². The third kappa shape index (κ3) is 3.58. The van der Waals surface area contributed by atoms with Crippen LogP contribution in [-0.2, 0) is 6.42 Å². The highest BCUT2D eigenvalue weighted by atomic mass is 14.2. The van der Waals surface area contributed by atoms with Gasteiger partial charge in [0.2, 0.25) is 0 Å². The topological polar surface area (TPSA) is 0 Å². The highest BCUT2D eigenvalue weighted by Gasteiger charge is 2.19. The van der Waals surface area contributed by atoms with Gasteiger partial charge in [0.25, 0.3) is 0 Å². The van der Waals surface area contributed by atoms with E-state index in [1.807, 2.05) is 0 Å². The number of rotatable bonds is 3. The quantitative estimate of drug-likeness (QED) is 0.583. The van der Waals surface area contributed by atoms with Gasteiger partial charge in [-0.2, -0.15) is 0 Å². The van der Waals surface area contributed by atoms with Gasteiger partial charge in [-0.3, -0.25) is 0 Å². The van der Waals surface area contributed by atoms with Gasteiger partial charge in [-0.1, -0.05) is 50.1 Å². The van der Waals surface area contributed by atoms with Crippen LogP contribution in [0.3, 0.4) is 0 Å². The van der Waals surface area contributed by atoms with E-state index in [4.69, 9.17) is 0 Å². The second-order valence-electron chi connectivity index (χ2n) is 8.10. The molecular weight excluding hydrogens is 288 g/mol. The van der Waals surface area contributed by atoms with Gasteiger partial charge in [-0.25, -0.2) is 0 Å². The highest BCUT2D eigenvalue weighted by molar-refractivity contribution is 5.45. The Kier molecular flexibility index (Phi) is 5.13. The van der Waals surface area contributed by atoms with E-state index in [0.29, 0.717) is 0 Å².